The highest BCUT2D eigenvalue weighted by molar-refractivity contribution is 5.75. The molecule has 0 unspecified atom stereocenters. The fraction of sp³-hybridized carbons (Fsp3) is 0.833. The second-order valence-electron chi connectivity index (χ2n) is 2.09. The fourth-order valence-electron chi connectivity index (χ4n) is 0.544. The first-order valence-corrected chi connectivity index (χ1v) is 3.44. The maximum atomic E-state index is 10.7. The second-order valence-corrected chi connectivity index (χ2v) is 2.09. The minimum atomic E-state index is -0.0625. The molecule has 0 aliphatic rings. The summed E-state index contributed by atoms with van der Waals surface area (Å²) in [4.78, 5) is 10.7. The van der Waals surface area contributed by atoms with Gasteiger partial charge in [-0.25, -0.2) is 0 Å². The molecule has 4 nitrogen and oxygen atoms in total. The van der Waals surface area contributed by atoms with Gasteiger partial charge in [0.05, 0.1) is 6.04 Å². The summed E-state index contributed by atoms with van der Waals surface area (Å²) in [6.45, 7) is 2.60. The zero-order valence-corrected chi connectivity index (χ0v) is 6.26. The Morgan fingerprint density at radius 1 is 1.50 bits per heavy atom. The topological polar surface area (TPSA) is 81.1 Å². The van der Waals surface area contributed by atoms with E-state index < -0.39 is 0 Å². The Morgan fingerprint density at radius 3 is 2.30 bits per heavy atom. The normalized spacial score (nSPS) is 10.0. The first-order valence-electron chi connectivity index (χ1n) is 3.44. The zero-order valence-electron chi connectivity index (χ0n) is 6.26. The summed E-state index contributed by atoms with van der Waals surface area (Å²) < 4.78 is 0. The van der Waals surface area contributed by atoms with Gasteiger partial charge in [-0.1, -0.05) is 6.92 Å². The van der Waals surface area contributed by atoms with Crippen molar-refractivity contribution in [2.75, 3.05) is 13.1 Å². The first-order chi connectivity index (χ1) is 4.74. The third kappa shape index (κ3) is 3.42. The smallest absolute Gasteiger partial charge is 0.220 e. The van der Waals surface area contributed by atoms with Crippen LogP contribution < -0.4 is 16.8 Å². The van der Waals surface area contributed by atoms with E-state index in [9.17, 15) is 4.79 Å². The summed E-state index contributed by atoms with van der Waals surface area (Å²) in [5, 5.41) is 2.68. The van der Waals surface area contributed by atoms with Crippen molar-refractivity contribution in [1.82, 2.24) is 5.32 Å². The molecule has 0 bridgehead atoms. The summed E-state index contributed by atoms with van der Waals surface area (Å²) in [6, 6.07) is -0.0625. The number of carbonyl (C=O) groups excluding carboxylic acids is 1. The lowest BCUT2D eigenvalue weighted by Crippen LogP contribution is -2.44. The standard InChI is InChI=1S/C6H15N3O/c1-2-6(10)9-5(3-7)4-8/h5H,2-4,7-8H2,1H3,(H,9,10). The highest BCUT2D eigenvalue weighted by atomic mass is 16.1. The maximum absolute atomic E-state index is 10.7. The van der Waals surface area contributed by atoms with Crippen LogP contribution >= 0.6 is 0 Å². The van der Waals surface area contributed by atoms with Gasteiger partial charge in [-0.3, -0.25) is 4.79 Å². The van der Waals surface area contributed by atoms with E-state index in [0.717, 1.165) is 0 Å². The Labute approximate surface area is 61.0 Å². The average molecular weight is 145 g/mol. The highest BCUT2D eigenvalue weighted by Gasteiger charge is 2.05. The van der Waals surface area contributed by atoms with E-state index in [4.69, 9.17) is 11.5 Å². The van der Waals surface area contributed by atoms with Crippen molar-refractivity contribution in [2.24, 2.45) is 11.5 Å². The van der Waals surface area contributed by atoms with Crippen LogP contribution in [0, 0.1) is 0 Å². The Hall–Kier alpha value is -0.610. The Balaban J connectivity index is 3.52. The molecular formula is C6H15N3O. The van der Waals surface area contributed by atoms with Crippen LogP contribution in [-0.4, -0.2) is 25.0 Å². The van der Waals surface area contributed by atoms with Gasteiger partial charge in [-0.2, -0.15) is 0 Å². The van der Waals surface area contributed by atoms with Crippen LogP contribution in [0.15, 0.2) is 0 Å². The quantitative estimate of drug-likeness (QED) is 0.464. The van der Waals surface area contributed by atoms with E-state index >= 15 is 0 Å². The van der Waals surface area contributed by atoms with E-state index in [2.05, 4.69) is 5.32 Å². The molecule has 0 aromatic heterocycles. The van der Waals surface area contributed by atoms with Gasteiger partial charge in [0.2, 0.25) is 5.91 Å². The lowest BCUT2D eigenvalue weighted by atomic mass is 10.3. The Kier molecular flexibility index (Phi) is 4.88. The molecule has 0 fully saturated rings. The van der Waals surface area contributed by atoms with Crippen LogP contribution in [-0.2, 0) is 4.79 Å². The fourth-order valence-corrected chi connectivity index (χ4v) is 0.544. The zero-order chi connectivity index (χ0) is 7.98. The van der Waals surface area contributed by atoms with E-state index in [0.29, 0.717) is 19.5 Å². The lowest BCUT2D eigenvalue weighted by Gasteiger charge is -2.12. The SMILES string of the molecule is CCC(=O)NC(CN)CN. The van der Waals surface area contributed by atoms with Crippen molar-refractivity contribution in [3.8, 4) is 0 Å². The van der Waals surface area contributed by atoms with E-state index in [-0.39, 0.29) is 11.9 Å². The molecule has 0 radical (unpaired) electrons. The molecule has 0 aliphatic heterocycles. The molecule has 5 N–H and O–H groups in total. The van der Waals surface area contributed by atoms with E-state index in [1.165, 1.54) is 0 Å². The van der Waals surface area contributed by atoms with E-state index in [1.807, 2.05) is 0 Å². The summed E-state index contributed by atoms with van der Waals surface area (Å²) in [5.74, 6) is 0.000833. The molecule has 0 saturated heterocycles. The maximum Gasteiger partial charge on any atom is 0.220 e. The number of amides is 1. The molecule has 0 aromatic rings. The van der Waals surface area contributed by atoms with Crippen LogP contribution in [0.4, 0.5) is 0 Å². The lowest BCUT2D eigenvalue weighted by molar-refractivity contribution is -0.121. The minimum absolute atomic E-state index is 0.000833. The summed E-state index contributed by atoms with van der Waals surface area (Å²) >= 11 is 0. The first kappa shape index (κ1) is 9.39. The molecule has 0 heterocycles. The van der Waals surface area contributed by atoms with Gasteiger partial charge in [0.15, 0.2) is 0 Å². The minimum Gasteiger partial charge on any atom is -0.351 e. The van der Waals surface area contributed by atoms with Crippen molar-refractivity contribution >= 4 is 5.91 Å². The second kappa shape index (κ2) is 5.20. The van der Waals surface area contributed by atoms with Gasteiger partial charge in [-0.15, -0.1) is 0 Å². The Bertz CT molecular complexity index is 101. The van der Waals surface area contributed by atoms with Crippen LogP contribution in [0.2, 0.25) is 0 Å². The molecular weight excluding hydrogens is 130 g/mol. The number of hydrogen-bond donors (Lipinski definition) is 3. The molecule has 4 heteroatoms. The molecule has 0 aromatic carbocycles. The van der Waals surface area contributed by atoms with Gasteiger partial charge in [-0.05, 0) is 0 Å². The number of nitrogens with one attached hydrogen (secondary N) is 1. The van der Waals surface area contributed by atoms with Crippen molar-refractivity contribution in [3.63, 3.8) is 0 Å². The average Bonchev–Trinajstić information content (AvgIpc) is 1.99. The molecule has 0 atom stereocenters. The number of hydrogen-bond acceptors (Lipinski definition) is 3. The summed E-state index contributed by atoms with van der Waals surface area (Å²) in [5.41, 5.74) is 10.6. The summed E-state index contributed by atoms with van der Waals surface area (Å²) in [7, 11) is 0. The van der Waals surface area contributed by atoms with Crippen LogP contribution in [0.1, 0.15) is 13.3 Å². The highest BCUT2D eigenvalue weighted by Crippen LogP contribution is 1.79. The molecule has 10 heavy (non-hydrogen) atoms. The van der Waals surface area contributed by atoms with Crippen LogP contribution in [0.3, 0.4) is 0 Å². The van der Waals surface area contributed by atoms with Gasteiger partial charge in [0.25, 0.3) is 0 Å². The predicted molar refractivity (Wildman–Crippen MR) is 40.3 cm³/mol. The molecule has 0 saturated carbocycles. The van der Waals surface area contributed by atoms with Crippen molar-refractivity contribution in [2.45, 2.75) is 19.4 Å². The summed E-state index contributed by atoms with van der Waals surface area (Å²) in [6.07, 6.45) is 0.483. The third-order valence-corrected chi connectivity index (χ3v) is 1.26. The monoisotopic (exact) mass is 145 g/mol. The van der Waals surface area contributed by atoms with Crippen molar-refractivity contribution in [3.05, 3.63) is 0 Å². The Morgan fingerprint density at radius 2 is 2.00 bits per heavy atom. The van der Waals surface area contributed by atoms with Gasteiger partial charge in [0, 0.05) is 19.5 Å². The van der Waals surface area contributed by atoms with Crippen molar-refractivity contribution < 1.29 is 4.79 Å². The number of rotatable bonds is 4. The van der Waals surface area contributed by atoms with Gasteiger partial charge in [0.1, 0.15) is 0 Å². The largest absolute Gasteiger partial charge is 0.351 e. The molecule has 60 valence electrons. The van der Waals surface area contributed by atoms with Crippen LogP contribution in [0.5, 0.6) is 0 Å². The predicted octanol–water partition coefficient (Wildman–Crippen LogP) is -1.20. The van der Waals surface area contributed by atoms with Gasteiger partial charge < -0.3 is 16.8 Å². The van der Waals surface area contributed by atoms with Crippen LogP contribution in [0.25, 0.3) is 0 Å². The number of carbonyl (C=O) groups is 1. The molecule has 0 aliphatic carbocycles. The van der Waals surface area contributed by atoms with Gasteiger partial charge >= 0.3 is 0 Å². The molecule has 0 rings (SSSR count). The molecule has 0 spiro atoms. The van der Waals surface area contributed by atoms with E-state index in [1.54, 1.807) is 6.92 Å². The molecule has 1 amide bonds. The number of nitrogens with two attached hydrogens (primary N) is 2. The van der Waals surface area contributed by atoms with Crippen molar-refractivity contribution in [1.29, 1.82) is 0 Å². The third-order valence-electron chi connectivity index (χ3n) is 1.26.